The van der Waals surface area contributed by atoms with Crippen molar-refractivity contribution in [3.63, 3.8) is 0 Å². The highest BCUT2D eigenvalue weighted by molar-refractivity contribution is 7.89. The Balaban J connectivity index is 3.07. The Labute approximate surface area is 107 Å². The van der Waals surface area contributed by atoms with Crippen LogP contribution in [-0.2, 0) is 16.6 Å². The van der Waals surface area contributed by atoms with E-state index >= 15 is 0 Å². The van der Waals surface area contributed by atoms with Crippen LogP contribution in [0.2, 0.25) is 0 Å². The zero-order valence-corrected chi connectivity index (χ0v) is 12.6. The predicted octanol–water partition coefficient (Wildman–Crippen LogP) is 1.85. The van der Waals surface area contributed by atoms with Gasteiger partial charge in [-0.15, -0.1) is 11.3 Å². The lowest BCUT2D eigenvalue weighted by Crippen LogP contribution is -2.40. The molecule has 2 N–H and O–H groups in total. The van der Waals surface area contributed by atoms with Crippen LogP contribution < -0.4 is 10.0 Å². The first-order valence-electron chi connectivity index (χ1n) is 5.43. The summed E-state index contributed by atoms with van der Waals surface area (Å²) in [5, 5.41) is 3.02. The van der Waals surface area contributed by atoms with Gasteiger partial charge in [0.2, 0.25) is 10.0 Å². The first-order valence-corrected chi connectivity index (χ1v) is 7.73. The SMILES string of the molecule is CNCc1cc(S(=O)(=O)NC(C)(C)C)c(C)s1. The van der Waals surface area contributed by atoms with E-state index in [-0.39, 0.29) is 0 Å². The third-order valence-electron chi connectivity index (χ3n) is 2.00. The van der Waals surface area contributed by atoms with Gasteiger partial charge in [-0.3, -0.25) is 0 Å². The van der Waals surface area contributed by atoms with Gasteiger partial charge in [0.05, 0.1) is 4.90 Å². The van der Waals surface area contributed by atoms with Crippen molar-refractivity contribution in [2.24, 2.45) is 0 Å². The molecule has 6 heteroatoms. The number of nitrogens with one attached hydrogen (secondary N) is 2. The molecule has 17 heavy (non-hydrogen) atoms. The highest BCUT2D eigenvalue weighted by Gasteiger charge is 2.25. The lowest BCUT2D eigenvalue weighted by Gasteiger charge is -2.20. The van der Waals surface area contributed by atoms with E-state index in [2.05, 4.69) is 10.0 Å². The summed E-state index contributed by atoms with van der Waals surface area (Å²) in [7, 11) is -1.57. The number of sulfonamides is 1. The van der Waals surface area contributed by atoms with Crippen molar-refractivity contribution in [2.45, 2.75) is 44.7 Å². The molecule has 0 unspecified atom stereocenters. The molecule has 1 aromatic rings. The maximum atomic E-state index is 12.2. The van der Waals surface area contributed by atoms with Crippen LogP contribution in [-0.4, -0.2) is 21.0 Å². The summed E-state index contributed by atoms with van der Waals surface area (Å²) < 4.78 is 27.0. The fourth-order valence-electron chi connectivity index (χ4n) is 1.51. The van der Waals surface area contributed by atoms with Crippen molar-refractivity contribution in [2.75, 3.05) is 7.05 Å². The van der Waals surface area contributed by atoms with E-state index in [9.17, 15) is 8.42 Å². The van der Waals surface area contributed by atoms with Gasteiger partial charge in [-0.2, -0.15) is 0 Å². The van der Waals surface area contributed by atoms with Crippen molar-refractivity contribution >= 4 is 21.4 Å². The van der Waals surface area contributed by atoms with Crippen LogP contribution in [0.4, 0.5) is 0 Å². The van der Waals surface area contributed by atoms with Crippen LogP contribution in [0, 0.1) is 6.92 Å². The molecule has 98 valence electrons. The van der Waals surface area contributed by atoms with E-state index in [1.54, 1.807) is 6.07 Å². The average Bonchev–Trinajstić information content (AvgIpc) is 2.43. The van der Waals surface area contributed by atoms with Crippen LogP contribution in [0.5, 0.6) is 0 Å². The van der Waals surface area contributed by atoms with Gasteiger partial charge in [-0.1, -0.05) is 0 Å². The van der Waals surface area contributed by atoms with Gasteiger partial charge in [-0.25, -0.2) is 13.1 Å². The average molecular weight is 276 g/mol. The predicted molar refractivity (Wildman–Crippen MR) is 71.9 cm³/mol. The summed E-state index contributed by atoms with van der Waals surface area (Å²) >= 11 is 1.51. The molecule has 0 saturated carbocycles. The number of aryl methyl sites for hydroxylation is 1. The molecule has 0 aliphatic heterocycles. The highest BCUT2D eigenvalue weighted by Crippen LogP contribution is 2.26. The zero-order valence-electron chi connectivity index (χ0n) is 10.9. The molecule has 0 aromatic carbocycles. The Hall–Kier alpha value is -0.430. The van der Waals surface area contributed by atoms with E-state index in [0.29, 0.717) is 11.4 Å². The molecule has 0 atom stereocenters. The molecule has 1 aromatic heterocycles. The van der Waals surface area contributed by atoms with Gasteiger partial charge in [0.15, 0.2) is 0 Å². The fraction of sp³-hybridized carbons (Fsp3) is 0.636. The minimum Gasteiger partial charge on any atom is -0.315 e. The first-order chi connectivity index (χ1) is 7.65. The van der Waals surface area contributed by atoms with Crippen LogP contribution in [0.1, 0.15) is 30.5 Å². The smallest absolute Gasteiger partial charge is 0.242 e. The van der Waals surface area contributed by atoms with Crippen LogP contribution in [0.3, 0.4) is 0 Å². The molecule has 0 saturated heterocycles. The maximum Gasteiger partial charge on any atom is 0.242 e. The first kappa shape index (κ1) is 14.6. The van der Waals surface area contributed by atoms with Crippen LogP contribution in [0.25, 0.3) is 0 Å². The fourth-order valence-corrected chi connectivity index (χ4v) is 4.58. The molecular weight excluding hydrogens is 256 g/mol. The van der Waals surface area contributed by atoms with E-state index in [1.807, 2.05) is 34.7 Å². The third-order valence-corrected chi connectivity index (χ3v) is 5.07. The molecule has 0 aliphatic rings. The lowest BCUT2D eigenvalue weighted by molar-refractivity contribution is 0.491. The Morgan fingerprint density at radius 3 is 2.41 bits per heavy atom. The molecule has 1 rings (SSSR count). The molecule has 0 fully saturated rings. The lowest BCUT2D eigenvalue weighted by atomic mass is 10.1. The van der Waals surface area contributed by atoms with Gasteiger partial charge in [0, 0.05) is 21.8 Å². The normalized spacial score (nSPS) is 13.0. The minimum absolute atomic E-state index is 0.391. The van der Waals surface area contributed by atoms with E-state index in [4.69, 9.17) is 0 Å². The third kappa shape index (κ3) is 4.06. The molecule has 0 aliphatic carbocycles. The van der Waals surface area contributed by atoms with Crippen LogP contribution in [0.15, 0.2) is 11.0 Å². The second-order valence-corrected chi connectivity index (χ2v) is 8.01. The minimum atomic E-state index is -3.41. The molecule has 4 nitrogen and oxygen atoms in total. The molecule has 0 bridgehead atoms. The Morgan fingerprint density at radius 2 is 1.94 bits per heavy atom. The van der Waals surface area contributed by atoms with Gasteiger partial charge in [-0.05, 0) is 40.8 Å². The van der Waals surface area contributed by atoms with Crippen molar-refractivity contribution in [1.29, 1.82) is 0 Å². The second kappa shape index (κ2) is 5.06. The van der Waals surface area contributed by atoms with Crippen molar-refractivity contribution in [3.8, 4) is 0 Å². The summed E-state index contributed by atoms with van der Waals surface area (Å²) in [5.74, 6) is 0. The van der Waals surface area contributed by atoms with Crippen molar-refractivity contribution in [1.82, 2.24) is 10.0 Å². The summed E-state index contributed by atoms with van der Waals surface area (Å²) in [6.07, 6.45) is 0. The van der Waals surface area contributed by atoms with Gasteiger partial charge >= 0.3 is 0 Å². The largest absolute Gasteiger partial charge is 0.315 e. The standard InChI is InChI=1S/C11H20N2O2S2/c1-8-10(6-9(16-8)7-12-5)17(14,15)13-11(2,3)4/h6,12-13H,7H2,1-5H3. The van der Waals surface area contributed by atoms with Crippen LogP contribution >= 0.6 is 11.3 Å². The highest BCUT2D eigenvalue weighted by atomic mass is 32.2. The summed E-state index contributed by atoms with van der Waals surface area (Å²) in [6, 6.07) is 1.74. The Morgan fingerprint density at radius 1 is 1.35 bits per heavy atom. The maximum absolute atomic E-state index is 12.2. The van der Waals surface area contributed by atoms with Gasteiger partial charge in [0.25, 0.3) is 0 Å². The van der Waals surface area contributed by atoms with Crippen molar-refractivity contribution in [3.05, 3.63) is 15.8 Å². The zero-order chi connectivity index (χ0) is 13.3. The molecule has 0 radical (unpaired) electrons. The number of rotatable bonds is 4. The molecule has 1 heterocycles. The second-order valence-electron chi connectivity index (χ2n) is 5.02. The van der Waals surface area contributed by atoms with Gasteiger partial charge < -0.3 is 5.32 Å². The molecule has 0 spiro atoms. The Kier molecular flexibility index (Phi) is 4.35. The monoisotopic (exact) mass is 276 g/mol. The number of hydrogen-bond acceptors (Lipinski definition) is 4. The van der Waals surface area contributed by atoms with E-state index in [1.165, 1.54) is 11.3 Å². The van der Waals surface area contributed by atoms with E-state index < -0.39 is 15.6 Å². The number of hydrogen-bond donors (Lipinski definition) is 2. The quantitative estimate of drug-likeness (QED) is 0.882. The molecule has 0 amide bonds. The summed E-state index contributed by atoms with van der Waals surface area (Å²) in [5.41, 5.74) is -0.462. The summed E-state index contributed by atoms with van der Waals surface area (Å²) in [4.78, 5) is 2.24. The van der Waals surface area contributed by atoms with E-state index in [0.717, 1.165) is 9.75 Å². The topological polar surface area (TPSA) is 58.2 Å². The summed E-state index contributed by atoms with van der Waals surface area (Å²) in [6.45, 7) is 8.03. The van der Waals surface area contributed by atoms with Crippen molar-refractivity contribution < 1.29 is 8.42 Å². The van der Waals surface area contributed by atoms with Gasteiger partial charge in [0.1, 0.15) is 0 Å². The molecular formula is C11H20N2O2S2. The number of thiophene rings is 1. The Bertz CT molecular complexity index is 484.